The normalized spacial score (nSPS) is 9.83. The van der Waals surface area contributed by atoms with E-state index in [1.54, 1.807) is 18.3 Å². The largest absolute Gasteiger partial charge is 0.326 e. The van der Waals surface area contributed by atoms with Crippen LogP contribution in [0.15, 0.2) is 42.6 Å². The zero-order chi connectivity index (χ0) is 13.0. The molecule has 1 heterocycles. The van der Waals surface area contributed by atoms with Crippen molar-refractivity contribution >= 4 is 11.5 Å². The topological polar surface area (TPSA) is 39.9 Å². The fourth-order valence-electron chi connectivity index (χ4n) is 1.88. The van der Waals surface area contributed by atoms with Gasteiger partial charge in [-0.2, -0.15) is 5.26 Å². The number of hydrogen-bond acceptors (Lipinski definition) is 3. The lowest BCUT2D eigenvalue weighted by atomic mass is 10.2. The summed E-state index contributed by atoms with van der Waals surface area (Å²) in [5.41, 5.74) is 2.87. The fraction of sp³-hybridized carbons (Fsp3) is 0.200. The molecule has 1 aromatic carbocycles. The van der Waals surface area contributed by atoms with Gasteiger partial charge in [-0.05, 0) is 38.1 Å². The van der Waals surface area contributed by atoms with Crippen molar-refractivity contribution < 1.29 is 0 Å². The first-order chi connectivity index (χ1) is 8.76. The molecule has 0 N–H and O–H groups in total. The lowest BCUT2D eigenvalue weighted by Crippen LogP contribution is -2.18. The minimum Gasteiger partial charge on any atom is -0.326 e. The van der Waals surface area contributed by atoms with Gasteiger partial charge in [-0.25, -0.2) is 4.98 Å². The molecule has 0 atom stereocenters. The molecule has 0 saturated carbocycles. The van der Waals surface area contributed by atoms with Crippen LogP contribution in [-0.4, -0.2) is 11.5 Å². The molecule has 0 aliphatic rings. The molecule has 0 bridgehead atoms. The van der Waals surface area contributed by atoms with E-state index in [0.29, 0.717) is 11.4 Å². The van der Waals surface area contributed by atoms with Gasteiger partial charge >= 0.3 is 0 Å². The van der Waals surface area contributed by atoms with Crippen LogP contribution in [0.25, 0.3) is 0 Å². The Bertz CT molecular complexity index is 567. The Morgan fingerprint density at radius 3 is 2.56 bits per heavy atom. The predicted octanol–water partition coefficient (Wildman–Crippen LogP) is 3.42. The van der Waals surface area contributed by atoms with Crippen molar-refractivity contribution in [2.24, 2.45) is 0 Å². The van der Waals surface area contributed by atoms with E-state index >= 15 is 0 Å². The summed E-state index contributed by atoms with van der Waals surface area (Å²) in [5.74, 6) is 0.714. The standard InChI is InChI=1S/C15H15N3/c1-3-18(14-8-6-12(2)7-9-14)15-13(11-16)5-4-10-17-15/h4-10H,3H2,1-2H3. The lowest BCUT2D eigenvalue weighted by molar-refractivity contribution is 0.985. The van der Waals surface area contributed by atoms with Crippen molar-refractivity contribution in [3.8, 4) is 6.07 Å². The molecule has 3 heteroatoms. The maximum absolute atomic E-state index is 9.14. The number of hydrogen-bond donors (Lipinski definition) is 0. The summed E-state index contributed by atoms with van der Waals surface area (Å²) in [6.07, 6.45) is 1.72. The van der Waals surface area contributed by atoms with Crippen molar-refractivity contribution in [2.75, 3.05) is 11.4 Å². The average molecular weight is 237 g/mol. The molecule has 0 fully saturated rings. The lowest BCUT2D eigenvalue weighted by Gasteiger charge is -2.23. The van der Waals surface area contributed by atoms with Gasteiger partial charge in [0.2, 0.25) is 0 Å². The third kappa shape index (κ3) is 2.33. The Kier molecular flexibility index (Phi) is 3.59. The highest BCUT2D eigenvalue weighted by atomic mass is 15.2. The van der Waals surface area contributed by atoms with E-state index in [1.165, 1.54) is 5.56 Å². The third-order valence-corrected chi connectivity index (χ3v) is 2.82. The highest BCUT2D eigenvalue weighted by Crippen LogP contribution is 2.25. The predicted molar refractivity (Wildman–Crippen MR) is 72.8 cm³/mol. The Morgan fingerprint density at radius 2 is 1.94 bits per heavy atom. The number of nitriles is 1. The zero-order valence-electron chi connectivity index (χ0n) is 10.6. The van der Waals surface area contributed by atoms with Crippen LogP contribution in [0.1, 0.15) is 18.1 Å². The molecule has 0 amide bonds. The Balaban J connectivity index is 2.46. The molecule has 2 rings (SSSR count). The number of rotatable bonds is 3. The molecular formula is C15H15N3. The van der Waals surface area contributed by atoms with E-state index in [4.69, 9.17) is 5.26 Å². The number of aryl methyl sites for hydroxylation is 1. The zero-order valence-corrected chi connectivity index (χ0v) is 10.6. The van der Waals surface area contributed by atoms with Gasteiger partial charge in [0.25, 0.3) is 0 Å². The van der Waals surface area contributed by atoms with Gasteiger partial charge in [-0.3, -0.25) is 0 Å². The van der Waals surface area contributed by atoms with Gasteiger partial charge in [-0.1, -0.05) is 17.7 Å². The van der Waals surface area contributed by atoms with Crippen LogP contribution >= 0.6 is 0 Å². The smallest absolute Gasteiger partial charge is 0.150 e. The fourth-order valence-corrected chi connectivity index (χ4v) is 1.88. The Hall–Kier alpha value is -2.34. The molecule has 3 nitrogen and oxygen atoms in total. The van der Waals surface area contributed by atoms with Crippen LogP contribution in [0.5, 0.6) is 0 Å². The Labute approximate surface area is 107 Å². The minimum absolute atomic E-state index is 0.597. The van der Waals surface area contributed by atoms with E-state index in [2.05, 4.69) is 49.2 Å². The van der Waals surface area contributed by atoms with Crippen molar-refractivity contribution in [2.45, 2.75) is 13.8 Å². The van der Waals surface area contributed by atoms with Crippen LogP contribution in [0.3, 0.4) is 0 Å². The number of pyridine rings is 1. The summed E-state index contributed by atoms with van der Waals surface area (Å²) >= 11 is 0. The van der Waals surface area contributed by atoms with E-state index in [0.717, 1.165) is 12.2 Å². The molecule has 2 aromatic rings. The number of benzene rings is 1. The molecule has 0 saturated heterocycles. The van der Waals surface area contributed by atoms with Gasteiger partial charge in [0.15, 0.2) is 5.82 Å². The summed E-state index contributed by atoms with van der Waals surface area (Å²) in [4.78, 5) is 6.36. The molecular weight excluding hydrogens is 222 g/mol. The van der Waals surface area contributed by atoms with E-state index in [1.807, 2.05) is 4.90 Å². The summed E-state index contributed by atoms with van der Waals surface area (Å²) in [5, 5.41) is 9.14. The first-order valence-electron chi connectivity index (χ1n) is 5.95. The molecule has 0 spiro atoms. The van der Waals surface area contributed by atoms with E-state index < -0.39 is 0 Å². The van der Waals surface area contributed by atoms with Gasteiger partial charge in [0.05, 0.1) is 5.56 Å². The Morgan fingerprint density at radius 1 is 1.22 bits per heavy atom. The number of aromatic nitrogens is 1. The van der Waals surface area contributed by atoms with Crippen LogP contribution in [0.2, 0.25) is 0 Å². The molecule has 0 unspecified atom stereocenters. The first-order valence-corrected chi connectivity index (χ1v) is 5.95. The van der Waals surface area contributed by atoms with Gasteiger partial charge in [0.1, 0.15) is 6.07 Å². The van der Waals surface area contributed by atoms with Crippen molar-refractivity contribution in [1.29, 1.82) is 5.26 Å². The second-order valence-electron chi connectivity index (χ2n) is 4.07. The average Bonchev–Trinajstić information content (AvgIpc) is 2.42. The molecule has 18 heavy (non-hydrogen) atoms. The highest BCUT2D eigenvalue weighted by Gasteiger charge is 2.12. The van der Waals surface area contributed by atoms with Gasteiger partial charge < -0.3 is 4.90 Å². The van der Waals surface area contributed by atoms with E-state index in [9.17, 15) is 0 Å². The minimum atomic E-state index is 0.597. The summed E-state index contributed by atoms with van der Waals surface area (Å²) in [7, 11) is 0. The monoisotopic (exact) mass is 237 g/mol. The van der Waals surface area contributed by atoms with Gasteiger partial charge in [0, 0.05) is 18.4 Å². The maximum atomic E-state index is 9.14. The molecule has 90 valence electrons. The van der Waals surface area contributed by atoms with Crippen molar-refractivity contribution in [3.05, 3.63) is 53.7 Å². The third-order valence-electron chi connectivity index (χ3n) is 2.82. The highest BCUT2D eigenvalue weighted by molar-refractivity contribution is 5.65. The quantitative estimate of drug-likeness (QED) is 0.821. The SMILES string of the molecule is CCN(c1ccc(C)cc1)c1ncccc1C#N. The van der Waals surface area contributed by atoms with Crippen molar-refractivity contribution in [1.82, 2.24) is 4.98 Å². The molecule has 1 aromatic heterocycles. The van der Waals surface area contributed by atoms with E-state index in [-0.39, 0.29) is 0 Å². The van der Waals surface area contributed by atoms with Crippen LogP contribution in [0, 0.1) is 18.3 Å². The number of nitrogens with zero attached hydrogens (tertiary/aromatic N) is 3. The maximum Gasteiger partial charge on any atom is 0.150 e. The first kappa shape index (κ1) is 12.1. The summed E-state index contributed by atoms with van der Waals surface area (Å²) < 4.78 is 0. The van der Waals surface area contributed by atoms with Crippen molar-refractivity contribution in [3.63, 3.8) is 0 Å². The second kappa shape index (κ2) is 5.33. The molecule has 0 aliphatic carbocycles. The summed E-state index contributed by atoms with van der Waals surface area (Å²) in [6.45, 7) is 4.88. The van der Waals surface area contributed by atoms with Gasteiger partial charge in [-0.15, -0.1) is 0 Å². The number of anilines is 2. The summed E-state index contributed by atoms with van der Waals surface area (Å²) in [6, 6.07) is 14.0. The van der Waals surface area contributed by atoms with Crippen LogP contribution in [0.4, 0.5) is 11.5 Å². The molecule has 0 aliphatic heterocycles. The second-order valence-corrected chi connectivity index (χ2v) is 4.07. The molecule has 0 radical (unpaired) electrons. The van der Waals surface area contributed by atoms with Crippen LogP contribution in [-0.2, 0) is 0 Å². The van der Waals surface area contributed by atoms with Crippen LogP contribution < -0.4 is 4.90 Å².